The van der Waals surface area contributed by atoms with Crippen LogP contribution in [0.1, 0.15) is 41.6 Å². The normalized spacial score (nSPS) is 17.4. The van der Waals surface area contributed by atoms with Crippen molar-refractivity contribution in [3.63, 3.8) is 0 Å². The second kappa shape index (κ2) is 6.14. The van der Waals surface area contributed by atoms with Crippen molar-refractivity contribution in [2.75, 3.05) is 13.1 Å². The lowest BCUT2D eigenvalue weighted by Gasteiger charge is -2.31. The van der Waals surface area contributed by atoms with E-state index < -0.39 is 0 Å². The predicted octanol–water partition coefficient (Wildman–Crippen LogP) is 2.10. The molecule has 0 radical (unpaired) electrons. The van der Waals surface area contributed by atoms with Gasteiger partial charge in [-0.25, -0.2) is 9.37 Å². The zero-order valence-electron chi connectivity index (χ0n) is 13.5. The largest absolute Gasteiger partial charge is 0.492 e. The van der Waals surface area contributed by atoms with Crippen LogP contribution in [0.5, 0.6) is 5.88 Å². The third kappa shape index (κ3) is 2.67. The summed E-state index contributed by atoms with van der Waals surface area (Å²) in [6.07, 6.45) is 3.60. The van der Waals surface area contributed by atoms with Crippen molar-refractivity contribution in [1.29, 1.82) is 0 Å². The van der Waals surface area contributed by atoms with Crippen molar-refractivity contribution >= 4 is 16.3 Å². The number of likely N-dealkylation sites (tertiary alicyclic amines) is 1. The third-order valence-corrected chi connectivity index (χ3v) is 5.76. The molecule has 1 aromatic carbocycles. The van der Waals surface area contributed by atoms with E-state index in [1.807, 2.05) is 19.1 Å². The summed E-state index contributed by atoms with van der Waals surface area (Å²) in [7, 11) is 0. The van der Waals surface area contributed by atoms with Crippen LogP contribution in [0, 0.1) is 12.7 Å². The van der Waals surface area contributed by atoms with Gasteiger partial charge in [0.2, 0.25) is 10.8 Å². The summed E-state index contributed by atoms with van der Waals surface area (Å²) < 4.78 is 14.9. The predicted molar refractivity (Wildman–Crippen MR) is 90.1 cm³/mol. The minimum atomic E-state index is -0.242. The molecule has 3 aromatic rings. The number of hydrogen-bond acceptors (Lipinski definition) is 4. The minimum absolute atomic E-state index is 0.0142. The molecule has 0 amide bonds. The summed E-state index contributed by atoms with van der Waals surface area (Å²) in [6.45, 7) is 3.91. The number of halogens is 1. The van der Waals surface area contributed by atoms with Gasteiger partial charge in [-0.3, -0.25) is 0 Å². The molecule has 126 valence electrons. The number of aromatic nitrogens is 3. The maximum Gasteiger partial charge on any atom is 0.235 e. The summed E-state index contributed by atoms with van der Waals surface area (Å²) in [5, 5.41) is 15.0. The number of piperidine rings is 1. The molecule has 2 aromatic heterocycles. The first-order valence-electron chi connectivity index (χ1n) is 8.28. The Bertz CT molecular complexity index is 851. The summed E-state index contributed by atoms with van der Waals surface area (Å²) >= 11 is 1.47. The van der Waals surface area contributed by atoms with Gasteiger partial charge in [0.05, 0.1) is 13.1 Å². The summed E-state index contributed by atoms with van der Waals surface area (Å²) in [5.74, 6) is 0.559. The van der Waals surface area contributed by atoms with Crippen LogP contribution >= 0.6 is 11.3 Å². The summed E-state index contributed by atoms with van der Waals surface area (Å²) in [4.78, 5) is 7.33. The van der Waals surface area contributed by atoms with Crippen molar-refractivity contribution in [2.24, 2.45) is 0 Å². The van der Waals surface area contributed by atoms with Gasteiger partial charge in [0.15, 0.2) is 6.04 Å². The van der Waals surface area contributed by atoms with E-state index in [9.17, 15) is 9.50 Å². The molecular formula is C17H20FN4OS+. The van der Waals surface area contributed by atoms with Crippen LogP contribution in [0.4, 0.5) is 4.39 Å². The number of hydrogen-bond donors (Lipinski definition) is 2. The van der Waals surface area contributed by atoms with Crippen molar-refractivity contribution in [1.82, 2.24) is 14.6 Å². The topological polar surface area (TPSA) is 54.9 Å². The number of aromatic hydroxyl groups is 1. The van der Waals surface area contributed by atoms with E-state index in [0.29, 0.717) is 10.8 Å². The van der Waals surface area contributed by atoms with E-state index in [-0.39, 0.29) is 17.7 Å². The Hall–Kier alpha value is -1.99. The number of rotatable bonds is 3. The highest BCUT2D eigenvalue weighted by molar-refractivity contribution is 7.17. The molecule has 1 fully saturated rings. The molecule has 0 bridgehead atoms. The second-order valence-electron chi connectivity index (χ2n) is 6.35. The third-order valence-electron chi connectivity index (χ3n) is 4.68. The first kappa shape index (κ1) is 15.5. The zero-order valence-corrected chi connectivity index (χ0v) is 14.3. The van der Waals surface area contributed by atoms with E-state index in [2.05, 4.69) is 10.1 Å². The van der Waals surface area contributed by atoms with Gasteiger partial charge in [0, 0.05) is 5.56 Å². The fourth-order valence-electron chi connectivity index (χ4n) is 3.56. The lowest BCUT2D eigenvalue weighted by atomic mass is 10.0. The quantitative estimate of drug-likeness (QED) is 0.763. The van der Waals surface area contributed by atoms with Gasteiger partial charge in [-0.05, 0) is 50.5 Å². The molecule has 0 aliphatic carbocycles. The number of quaternary nitrogens is 1. The molecule has 2 N–H and O–H groups in total. The molecule has 24 heavy (non-hydrogen) atoms. The molecule has 3 heterocycles. The van der Waals surface area contributed by atoms with Gasteiger partial charge in [-0.15, -0.1) is 5.10 Å². The number of thiazole rings is 1. The van der Waals surface area contributed by atoms with Crippen LogP contribution in [0.15, 0.2) is 24.3 Å². The first-order valence-corrected chi connectivity index (χ1v) is 9.10. The lowest BCUT2D eigenvalue weighted by Crippen LogP contribution is -3.13. The molecule has 0 unspecified atom stereocenters. The number of benzene rings is 1. The van der Waals surface area contributed by atoms with Crippen LogP contribution in [0.3, 0.4) is 0 Å². The molecule has 4 rings (SSSR count). The van der Waals surface area contributed by atoms with E-state index in [4.69, 9.17) is 0 Å². The van der Waals surface area contributed by atoms with Gasteiger partial charge in [0.1, 0.15) is 16.5 Å². The highest BCUT2D eigenvalue weighted by Crippen LogP contribution is 2.35. The standard InChI is InChI=1S/C17H19FN4OS/c1-11-19-17-22(20-11)16(23)15(24-17)14(21-9-3-2-4-10-21)12-5-7-13(18)8-6-12/h5-8,14,23H,2-4,9-10H2,1H3/p+1/t14-/m0/s1. The number of nitrogens with one attached hydrogen (secondary N) is 1. The molecule has 1 atom stereocenters. The first-order chi connectivity index (χ1) is 11.6. The second-order valence-corrected chi connectivity index (χ2v) is 7.36. The number of aryl methyl sites for hydroxylation is 1. The Labute approximate surface area is 143 Å². The Kier molecular flexibility index (Phi) is 3.97. The van der Waals surface area contributed by atoms with E-state index >= 15 is 0 Å². The maximum atomic E-state index is 13.4. The van der Waals surface area contributed by atoms with Crippen LogP contribution in [-0.2, 0) is 0 Å². The van der Waals surface area contributed by atoms with Crippen LogP contribution in [-0.4, -0.2) is 32.8 Å². The SMILES string of the molecule is Cc1nc2sc([C@H](c3ccc(F)cc3)[NH+]3CCCCC3)c(O)n2n1. The molecular weight excluding hydrogens is 327 g/mol. The molecule has 1 aliphatic rings. The molecule has 1 aliphatic heterocycles. The van der Waals surface area contributed by atoms with E-state index in [0.717, 1.165) is 23.5 Å². The van der Waals surface area contributed by atoms with Gasteiger partial charge < -0.3 is 10.0 Å². The Morgan fingerprint density at radius 1 is 1.21 bits per heavy atom. The fourth-order valence-corrected chi connectivity index (χ4v) is 4.74. The van der Waals surface area contributed by atoms with E-state index in [1.165, 1.54) is 52.1 Å². The van der Waals surface area contributed by atoms with Crippen LogP contribution < -0.4 is 4.90 Å². The van der Waals surface area contributed by atoms with Crippen LogP contribution in [0.2, 0.25) is 0 Å². The van der Waals surface area contributed by atoms with Crippen molar-refractivity contribution in [3.05, 3.63) is 46.3 Å². The maximum absolute atomic E-state index is 13.4. The van der Waals surface area contributed by atoms with Gasteiger partial charge in [-0.2, -0.15) is 4.52 Å². The molecule has 0 saturated carbocycles. The minimum Gasteiger partial charge on any atom is -0.492 e. The number of nitrogens with zero attached hydrogens (tertiary/aromatic N) is 3. The monoisotopic (exact) mass is 347 g/mol. The van der Waals surface area contributed by atoms with Crippen molar-refractivity contribution in [2.45, 2.75) is 32.2 Å². The zero-order chi connectivity index (χ0) is 16.7. The number of fused-ring (bicyclic) bond motifs is 1. The Balaban J connectivity index is 1.82. The van der Waals surface area contributed by atoms with E-state index in [1.54, 1.807) is 0 Å². The van der Waals surface area contributed by atoms with Gasteiger partial charge >= 0.3 is 0 Å². The average molecular weight is 347 g/mol. The highest BCUT2D eigenvalue weighted by atomic mass is 32.1. The molecule has 5 nitrogen and oxygen atoms in total. The summed E-state index contributed by atoms with van der Waals surface area (Å²) in [6, 6.07) is 6.61. The average Bonchev–Trinajstić information content (AvgIpc) is 3.09. The smallest absolute Gasteiger partial charge is 0.235 e. The van der Waals surface area contributed by atoms with Gasteiger partial charge in [0.25, 0.3) is 0 Å². The van der Waals surface area contributed by atoms with Crippen LogP contribution in [0.25, 0.3) is 4.96 Å². The van der Waals surface area contributed by atoms with Gasteiger partial charge in [-0.1, -0.05) is 11.3 Å². The Morgan fingerprint density at radius 2 is 1.92 bits per heavy atom. The molecule has 0 spiro atoms. The highest BCUT2D eigenvalue weighted by Gasteiger charge is 2.33. The Morgan fingerprint density at radius 3 is 2.58 bits per heavy atom. The molecule has 1 saturated heterocycles. The van der Waals surface area contributed by atoms with Crippen molar-refractivity contribution in [3.8, 4) is 5.88 Å². The van der Waals surface area contributed by atoms with Crippen molar-refractivity contribution < 1.29 is 14.4 Å². The summed E-state index contributed by atoms with van der Waals surface area (Å²) in [5.41, 5.74) is 1.02. The lowest BCUT2D eigenvalue weighted by molar-refractivity contribution is -0.929. The fraction of sp³-hybridized carbons (Fsp3) is 0.412. The molecule has 7 heteroatoms.